The fraction of sp³-hybridized carbons (Fsp3) is 0.645. The van der Waals surface area contributed by atoms with Gasteiger partial charge in [-0.25, -0.2) is 0 Å². The van der Waals surface area contributed by atoms with Crippen molar-refractivity contribution in [1.82, 2.24) is 15.1 Å². The number of hydrogen-bond donors (Lipinski definition) is 2. The van der Waals surface area contributed by atoms with Crippen LogP contribution < -0.4 is 10.6 Å². The van der Waals surface area contributed by atoms with Gasteiger partial charge in [0, 0.05) is 35.3 Å². The number of ether oxygens (including phenoxy) is 1. The molecule has 1 spiro atoms. The monoisotopic (exact) mass is 612 g/mol. The van der Waals surface area contributed by atoms with Crippen LogP contribution in [0.3, 0.4) is 0 Å². The molecule has 0 radical (unpaired) electrons. The number of halogens is 1. The van der Waals surface area contributed by atoms with Crippen LogP contribution in [0.15, 0.2) is 40.9 Å². The molecule has 4 fully saturated rings. The Morgan fingerprint density at radius 1 is 1.02 bits per heavy atom. The van der Waals surface area contributed by atoms with Crippen molar-refractivity contribution in [3.63, 3.8) is 0 Å². The van der Waals surface area contributed by atoms with E-state index >= 15 is 0 Å². The second-order valence-electron chi connectivity index (χ2n) is 12.2. The molecule has 9 heteroatoms. The van der Waals surface area contributed by atoms with E-state index in [1.165, 1.54) is 19.3 Å². The van der Waals surface area contributed by atoms with E-state index in [4.69, 9.17) is 4.74 Å². The first kappa shape index (κ1) is 27.9. The summed E-state index contributed by atoms with van der Waals surface area (Å²) in [7, 11) is 0. The molecule has 4 heterocycles. The van der Waals surface area contributed by atoms with Crippen molar-refractivity contribution in [1.29, 1.82) is 0 Å². The normalized spacial score (nSPS) is 33.8. The second kappa shape index (κ2) is 11.6. The summed E-state index contributed by atoms with van der Waals surface area (Å²) in [5.74, 6) is -1.94. The van der Waals surface area contributed by atoms with Crippen LogP contribution in [0.1, 0.15) is 64.7 Å². The lowest BCUT2D eigenvalue weighted by molar-refractivity contribution is -0.141. The third-order valence-corrected chi connectivity index (χ3v) is 10.4. The second-order valence-corrected chi connectivity index (χ2v) is 13.1. The Kier molecular flexibility index (Phi) is 8.07. The summed E-state index contributed by atoms with van der Waals surface area (Å²) in [6, 6.07) is 7.25. The number of benzene rings is 1. The van der Waals surface area contributed by atoms with E-state index in [-0.39, 0.29) is 23.8 Å². The zero-order chi connectivity index (χ0) is 27.9. The van der Waals surface area contributed by atoms with Crippen LogP contribution in [0.2, 0.25) is 0 Å². The van der Waals surface area contributed by atoms with Crippen LogP contribution >= 0.6 is 15.9 Å². The Balaban J connectivity index is 1.26. The molecule has 6 rings (SSSR count). The van der Waals surface area contributed by atoms with E-state index in [0.717, 1.165) is 56.1 Å². The van der Waals surface area contributed by atoms with E-state index in [1.807, 2.05) is 36.4 Å². The quantitative estimate of drug-likeness (QED) is 0.428. The van der Waals surface area contributed by atoms with E-state index in [2.05, 4.69) is 38.4 Å². The largest absolute Gasteiger partial charge is 0.359 e. The van der Waals surface area contributed by atoms with E-state index < -0.39 is 29.6 Å². The van der Waals surface area contributed by atoms with Gasteiger partial charge in [-0.2, -0.15) is 0 Å². The van der Waals surface area contributed by atoms with Crippen LogP contribution in [-0.2, 0) is 19.1 Å². The molecule has 4 aliphatic heterocycles. The minimum absolute atomic E-state index is 0.124. The van der Waals surface area contributed by atoms with Crippen LogP contribution in [0.25, 0.3) is 0 Å². The smallest absolute Gasteiger partial charge is 0.246 e. The average Bonchev–Trinajstić information content (AvgIpc) is 3.61. The third kappa shape index (κ3) is 5.02. The Morgan fingerprint density at radius 3 is 2.52 bits per heavy atom. The van der Waals surface area contributed by atoms with Crippen molar-refractivity contribution < 1.29 is 19.1 Å². The maximum Gasteiger partial charge on any atom is 0.246 e. The Labute approximate surface area is 245 Å². The molecule has 1 aromatic carbocycles. The molecular formula is C31H41BrN4O4. The van der Waals surface area contributed by atoms with Gasteiger partial charge in [0.1, 0.15) is 11.6 Å². The van der Waals surface area contributed by atoms with Crippen LogP contribution in [0, 0.1) is 11.8 Å². The zero-order valence-corrected chi connectivity index (χ0v) is 24.9. The molecule has 3 saturated heterocycles. The molecule has 2 N–H and O–H groups in total. The average molecular weight is 614 g/mol. The summed E-state index contributed by atoms with van der Waals surface area (Å²) < 4.78 is 7.44. The highest BCUT2D eigenvalue weighted by Crippen LogP contribution is 2.55. The fourth-order valence-corrected chi connectivity index (χ4v) is 8.11. The van der Waals surface area contributed by atoms with Crippen molar-refractivity contribution in [3.05, 3.63) is 40.9 Å². The molecule has 1 aromatic rings. The first-order valence-corrected chi connectivity index (χ1v) is 16.0. The van der Waals surface area contributed by atoms with E-state index in [9.17, 15) is 14.4 Å². The number of carbonyl (C=O) groups is 3. The first-order valence-electron chi connectivity index (χ1n) is 15.2. The van der Waals surface area contributed by atoms with E-state index in [0.29, 0.717) is 18.3 Å². The van der Waals surface area contributed by atoms with Crippen molar-refractivity contribution in [2.45, 2.75) is 94.5 Å². The number of nitrogens with one attached hydrogen (secondary N) is 2. The highest BCUT2D eigenvalue weighted by molar-refractivity contribution is 9.10. The van der Waals surface area contributed by atoms with Gasteiger partial charge in [0.2, 0.25) is 17.7 Å². The van der Waals surface area contributed by atoms with Crippen LogP contribution in [-0.4, -0.2) is 77.0 Å². The molecule has 6 atom stereocenters. The van der Waals surface area contributed by atoms with Gasteiger partial charge in [0.05, 0.1) is 17.9 Å². The highest BCUT2D eigenvalue weighted by atomic mass is 79.9. The molecule has 3 amide bonds. The third-order valence-electron chi connectivity index (χ3n) is 9.84. The number of fused-ring (bicyclic) bond motifs is 1. The number of hydrogen-bond acceptors (Lipinski definition) is 5. The number of anilines is 1. The Hall–Kier alpha value is -2.23. The number of rotatable bonds is 8. The number of amides is 3. The number of nitrogens with zero attached hydrogens (tertiary/aromatic N) is 2. The molecule has 216 valence electrons. The van der Waals surface area contributed by atoms with Gasteiger partial charge in [-0.3, -0.25) is 19.3 Å². The summed E-state index contributed by atoms with van der Waals surface area (Å²) in [6.45, 7) is 4.42. The highest BCUT2D eigenvalue weighted by Gasteiger charge is 2.72. The van der Waals surface area contributed by atoms with Gasteiger partial charge < -0.3 is 20.3 Å². The lowest BCUT2D eigenvalue weighted by Gasteiger charge is -2.38. The first-order chi connectivity index (χ1) is 19.4. The number of carbonyl (C=O) groups excluding carboxylic acids is 3. The molecule has 1 aliphatic carbocycles. The Morgan fingerprint density at radius 2 is 1.77 bits per heavy atom. The molecule has 0 aromatic heterocycles. The molecule has 2 bridgehead atoms. The molecular weight excluding hydrogens is 572 g/mol. The van der Waals surface area contributed by atoms with E-state index in [1.54, 1.807) is 4.90 Å². The van der Waals surface area contributed by atoms with Gasteiger partial charge in [-0.05, 0) is 62.9 Å². The summed E-state index contributed by atoms with van der Waals surface area (Å²) in [5.41, 5.74) is -0.451. The molecule has 1 saturated carbocycles. The van der Waals surface area contributed by atoms with Gasteiger partial charge in [-0.15, -0.1) is 0 Å². The maximum absolute atomic E-state index is 14.2. The van der Waals surface area contributed by atoms with Gasteiger partial charge >= 0.3 is 0 Å². The molecule has 8 nitrogen and oxygen atoms in total. The summed E-state index contributed by atoms with van der Waals surface area (Å²) >= 11 is 3.43. The Bertz CT molecular complexity index is 1150. The maximum atomic E-state index is 14.2. The summed E-state index contributed by atoms with van der Waals surface area (Å²) in [5, 5.41) is 6.28. The van der Waals surface area contributed by atoms with Crippen molar-refractivity contribution >= 4 is 39.3 Å². The lowest BCUT2D eigenvalue weighted by atomic mass is 9.74. The van der Waals surface area contributed by atoms with Crippen LogP contribution in [0.5, 0.6) is 0 Å². The van der Waals surface area contributed by atoms with Crippen LogP contribution in [0.4, 0.5) is 5.69 Å². The predicted molar refractivity (Wildman–Crippen MR) is 157 cm³/mol. The van der Waals surface area contributed by atoms with Crippen molar-refractivity contribution in [3.8, 4) is 0 Å². The molecule has 40 heavy (non-hydrogen) atoms. The van der Waals surface area contributed by atoms with Gasteiger partial charge in [0.15, 0.2) is 0 Å². The van der Waals surface area contributed by atoms with Crippen molar-refractivity contribution in [2.75, 3.05) is 25.0 Å². The molecule has 5 aliphatic rings. The summed E-state index contributed by atoms with van der Waals surface area (Å²) in [4.78, 5) is 46.1. The SMILES string of the molecule is CCC1CCCCN1CCN1C(=O)C2C(C(=O)Nc3ccc(Br)cc3)C3C=CC2(O3)C1C(=O)NC1CCCCC1. The summed E-state index contributed by atoms with van der Waals surface area (Å²) in [6.07, 6.45) is 13.3. The lowest BCUT2D eigenvalue weighted by Crippen LogP contribution is -2.57. The number of likely N-dealkylation sites (tertiary alicyclic amines) is 2. The fourth-order valence-electron chi connectivity index (χ4n) is 7.85. The number of piperidine rings is 1. The van der Waals surface area contributed by atoms with Gasteiger partial charge in [0.25, 0.3) is 0 Å². The van der Waals surface area contributed by atoms with Gasteiger partial charge in [-0.1, -0.05) is 60.7 Å². The molecule has 6 unspecified atom stereocenters. The standard InChI is InChI=1S/C31H41BrN4O4/c1-2-23-10-6-7-17-35(23)18-19-36-27(29(38)34-21-8-4-3-5-9-21)31-16-15-24(40-31)25(26(31)30(36)39)28(37)33-22-13-11-20(32)12-14-22/h11-16,21,23-27H,2-10,17-19H2,1H3,(H,33,37)(H,34,38). The topological polar surface area (TPSA) is 91.0 Å². The predicted octanol–water partition coefficient (Wildman–Crippen LogP) is 4.25. The van der Waals surface area contributed by atoms with Crippen molar-refractivity contribution in [2.24, 2.45) is 11.8 Å². The minimum Gasteiger partial charge on any atom is -0.359 e. The zero-order valence-electron chi connectivity index (χ0n) is 23.3. The minimum atomic E-state index is -1.12.